The molecule has 2 aromatic carbocycles. The molecule has 1 aliphatic rings. The standard InChI is InChI=1S/C20H22N2O3/c1-25-18-10-5-2-7-15(18)12-13-19(23)21-16-8-3-4-9-17(16)22-14-6-11-20(22)24/h2-5,7-10H,6,11-14H2,1H3,(H,21,23). The number of carbonyl (C=O) groups excluding carboxylic acids is 2. The molecule has 2 amide bonds. The minimum Gasteiger partial charge on any atom is -0.496 e. The number of methoxy groups -OCH3 is 1. The molecule has 0 unspecified atom stereocenters. The van der Waals surface area contributed by atoms with Gasteiger partial charge in [0.15, 0.2) is 0 Å². The zero-order chi connectivity index (χ0) is 17.6. The highest BCUT2D eigenvalue weighted by atomic mass is 16.5. The van der Waals surface area contributed by atoms with Crippen LogP contribution in [-0.2, 0) is 16.0 Å². The number of rotatable bonds is 6. The van der Waals surface area contributed by atoms with Gasteiger partial charge in [0.2, 0.25) is 11.8 Å². The summed E-state index contributed by atoms with van der Waals surface area (Å²) in [6, 6.07) is 15.1. The Morgan fingerprint density at radius 1 is 1.16 bits per heavy atom. The van der Waals surface area contributed by atoms with Gasteiger partial charge < -0.3 is 15.0 Å². The second kappa shape index (κ2) is 7.83. The van der Waals surface area contributed by atoms with Crippen LogP contribution in [0.15, 0.2) is 48.5 Å². The lowest BCUT2D eigenvalue weighted by Gasteiger charge is -2.20. The first kappa shape index (κ1) is 17.0. The van der Waals surface area contributed by atoms with Gasteiger partial charge in [0, 0.05) is 19.4 Å². The summed E-state index contributed by atoms with van der Waals surface area (Å²) >= 11 is 0. The summed E-state index contributed by atoms with van der Waals surface area (Å²) in [7, 11) is 1.63. The van der Waals surface area contributed by atoms with Gasteiger partial charge in [-0.15, -0.1) is 0 Å². The van der Waals surface area contributed by atoms with Crippen molar-refractivity contribution < 1.29 is 14.3 Å². The van der Waals surface area contributed by atoms with E-state index in [0.717, 1.165) is 23.4 Å². The maximum atomic E-state index is 12.4. The molecule has 1 saturated heterocycles. The van der Waals surface area contributed by atoms with Crippen LogP contribution in [0.2, 0.25) is 0 Å². The van der Waals surface area contributed by atoms with Crippen molar-refractivity contribution in [1.82, 2.24) is 0 Å². The highest BCUT2D eigenvalue weighted by Gasteiger charge is 2.24. The fourth-order valence-corrected chi connectivity index (χ4v) is 3.09. The lowest BCUT2D eigenvalue weighted by atomic mass is 10.1. The molecule has 1 fully saturated rings. The fourth-order valence-electron chi connectivity index (χ4n) is 3.09. The van der Waals surface area contributed by atoms with E-state index in [-0.39, 0.29) is 11.8 Å². The van der Waals surface area contributed by atoms with E-state index < -0.39 is 0 Å². The number of hydrogen-bond donors (Lipinski definition) is 1. The molecule has 2 aromatic rings. The molecule has 1 aliphatic heterocycles. The molecule has 5 nitrogen and oxygen atoms in total. The van der Waals surface area contributed by atoms with Crippen LogP contribution in [0.1, 0.15) is 24.8 Å². The average molecular weight is 338 g/mol. The minimum absolute atomic E-state index is 0.0787. The summed E-state index contributed by atoms with van der Waals surface area (Å²) in [5.74, 6) is 0.819. The van der Waals surface area contributed by atoms with Gasteiger partial charge in [-0.05, 0) is 36.6 Å². The van der Waals surface area contributed by atoms with Gasteiger partial charge in [-0.2, -0.15) is 0 Å². The third-order valence-electron chi connectivity index (χ3n) is 4.36. The van der Waals surface area contributed by atoms with Crippen molar-refractivity contribution in [2.24, 2.45) is 0 Å². The Morgan fingerprint density at radius 2 is 1.92 bits per heavy atom. The van der Waals surface area contributed by atoms with Gasteiger partial charge in [0.25, 0.3) is 0 Å². The van der Waals surface area contributed by atoms with Crippen molar-refractivity contribution in [1.29, 1.82) is 0 Å². The molecule has 0 aliphatic carbocycles. The maximum absolute atomic E-state index is 12.4. The number of amides is 2. The first-order chi connectivity index (χ1) is 12.2. The van der Waals surface area contributed by atoms with Gasteiger partial charge in [0.1, 0.15) is 5.75 Å². The predicted octanol–water partition coefficient (Wildman–Crippen LogP) is 3.39. The number of hydrogen-bond acceptors (Lipinski definition) is 3. The summed E-state index contributed by atoms with van der Waals surface area (Å²) in [4.78, 5) is 26.1. The van der Waals surface area contributed by atoms with E-state index in [0.29, 0.717) is 31.5 Å². The van der Waals surface area contributed by atoms with Crippen molar-refractivity contribution in [2.45, 2.75) is 25.7 Å². The molecule has 1 heterocycles. The highest BCUT2D eigenvalue weighted by Crippen LogP contribution is 2.29. The zero-order valence-electron chi connectivity index (χ0n) is 14.3. The molecule has 0 saturated carbocycles. The Hall–Kier alpha value is -2.82. The Bertz CT molecular complexity index is 773. The molecule has 0 atom stereocenters. The Labute approximate surface area is 147 Å². The van der Waals surface area contributed by atoms with E-state index in [2.05, 4.69) is 5.32 Å². The average Bonchev–Trinajstić information content (AvgIpc) is 3.06. The molecular weight excluding hydrogens is 316 g/mol. The monoisotopic (exact) mass is 338 g/mol. The molecule has 0 spiro atoms. The van der Waals surface area contributed by atoms with E-state index in [1.165, 1.54) is 0 Å². The summed E-state index contributed by atoms with van der Waals surface area (Å²) in [5, 5.41) is 2.94. The summed E-state index contributed by atoms with van der Waals surface area (Å²) < 4.78 is 5.32. The van der Waals surface area contributed by atoms with Crippen LogP contribution >= 0.6 is 0 Å². The van der Waals surface area contributed by atoms with E-state index in [4.69, 9.17) is 4.74 Å². The minimum atomic E-state index is -0.0787. The Balaban J connectivity index is 1.66. The highest BCUT2D eigenvalue weighted by molar-refractivity contribution is 6.02. The third-order valence-corrected chi connectivity index (χ3v) is 4.36. The summed E-state index contributed by atoms with van der Waals surface area (Å²) in [5.41, 5.74) is 2.46. The Kier molecular flexibility index (Phi) is 5.33. The smallest absolute Gasteiger partial charge is 0.227 e. The van der Waals surface area contributed by atoms with Crippen molar-refractivity contribution >= 4 is 23.2 Å². The largest absolute Gasteiger partial charge is 0.496 e. The van der Waals surface area contributed by atoms with Gasteiger partial charge in [0.05, 0.1) is 18.5 Å². The van der Waals surface area contributed by atoms with Crippen LogP contribution in [0, 0.1) is 0 Å². The second-order valence-corrected chi connectivity index (χ2v) is 6.03. The third kappa shape index (κ3) is 3.99. The van der Waals surface area contributed by atoms with Gasteiger partial charge in [-0.1, -0.05) is 30.3 Å². The second-order valence-electron chi connectivity index (χ2n) is 6.03. The molecule has 0 radical (unpaired) electrons. The van der Waals surface area contributed by atoms with Gasteiger partial charge >= 0.3 is 0 Å². The zero-order valence-corrected chi connectivity index (χ0v) is 14.3. The molecule has 130 valence electrons. The molecule has 3 rings (SSSR count). The lowest BCUT2D eigenvalue weighted by Crippen LogP contribution is -2.25. The topological polar surface area (TPSA) is 58.6 Å². The van der Waals surface area contributed by atoms with E-state index in [1.807, 2.05) is 48.5 Å². The van der Waals surface area contributed by atoms with Crippen LogP contribution < -0.4 is 15.0 Å². The normalized spacial score (nSPS) is 13.8. The molecule has 25 heavy (non-hydrogen) atoms. The SMILES string of the molecule is COc1ccccc1CCC(=O)Nc1ccccc1N1CCCC1=O. The number of para-hydroxylation sites is 3. The van der Waals surface area contributed by atoms with Crippen LogP contribution in [0.5, 0.6) is 5.75 Å². The number of anilines is 2. The van der Waals surface area contributed by atoms with Gasteiger partial charge in [-0.3, -0.25) is 9.59 Å². The molecule has 0 bridgehead atoms. The van der Waals surface area contributed by atoms with Crippen LogP contribution in [0.3, 0.4) is 0 Å². The van der Waals surface area contributed by atoms with E-state index >= 15 is 0 Å². The van der Waals surface area contributed by atoms with Crippen LogP contribution in [0.4, 0.5) is 11.4 Å². The van der Waals surface area contributed by atoms with Crippen LogP contribution in [-0.4, -0.2) is 25.5 Å². The molecular formula is C20H22N2O3. The van der Waals surface area contributed by atoms with Crippen molar-refractivity contribution in [2.75, 3.05) is 23.9 Å². The molecule has 5 heteroatoms. The first-order valence-electron chi connectivity index (χ1n) is 8.50. The molecule has 0 aromatic heterocycles. The first-order valence-corrected chi connectivity index (χ1v) is 8.50. The van der Waals surface area contributed by atoms with E-state index in [9.17, 15) is 9.59 Å². The number of carbonyl (C=O) groups is 2. The van der Waals surface area contributed by atoms with Gasteiger partial charge in [-0.25, -0.2) is 0 Å². The van der Waals surface area contributed by atoms with Crippen LogP contribution in [0.25, 0.3) is 0 Å². The summed E-state index contributed by atoms with van der Waals surface area (Å²) in [6.07, 6.45) is 2.37. The summed E-state index contributed by atoms with van der Waals surface area (Å²) in [6.45, 7) is 0.701. The van der Waals surface area contributed by atoms with Crippen molar-refractivity contribution in [3.8, 4) is 5.75 Å². The van der Waals surface area contributed by atoms with E-state index in [1.54, 1.807) is 12.0 Å². The molecule has 1 N–H and O–H groups in total. The Morgan fingerprint density at radius 3 is 2.68 bits per heavy atom. The quantitative estimate of drug-likeness (QED) is 0.878. The van der Waals surface area contributed by atoms with Crippen molar-refractivity contribution in [3.63, 3.8) is 0 Å². The fraction of sp³-hybridized carbons (Fsp3) is 0.300. The number of ether oxygens (including phenoxy) is 1. The number of aryl methyl sites for hydroxylation is 1. The predicted molar refractivity (Wildman–Crippen MR) is 98.0 cm³/mol. The number of nitrogens with one attached hydrogen (secondary N) is 1. The van der Waals surface area contributed by atoms with Crippen molar-refractivity contribution in [3.05, 3.63) is 54.1 Å². The lowest BCUT2D eigenvalue weighted by molar-refractivity contribution is -0.117. The number of nitrogens with zero attached hydrogens (tertiary/aromatic N) is 1. The maximum Gasteiger partial charge on any atom is 0.227 e. The number of benzene rings is 2.